The summed E-state index contributed by atoms with van der Waals surface area (Å²) in [6, 6.07) is 9.90. The molecule has 7 nitrogen and oxygen atoms in total. The average Bonchev–Trinajstić information content (AvgIpc) is 3.13. The molecule has 0 spiro atoms. The fourth-order valence-electron chi connectivity index (χ4n) is 2.91. The Labute approximate surface area is 186 Å². The minimum Gasteiger partial charge on any atom is -0.271 e. The van der Waals surface area contributed by atoms with E-state index < -0.39 is 20.0 Å². The molecule has 30 heavy (non-hydrogen) atoms. The Morgan fingerprint density at radius 3 is 1.73 bits per heavy atom. The molecular weight excluding hydrogens is 469 g/mol. The van der Waals surface area contributed by atoms with Crippen LogP contribution in [-0.4, -0.2) is 26.6 Å². The summed E-state index contributed by atoms with van der Waals surface area (Å²) in [6.45, 7) is 5.25. The lowest BCUT2D eigenvalue weighted by molar-refractivity contribution is 0.581. The largest absolute Gasteiger partial charge is 0.279 e. The number of rotatable bonds is 6. The second-order valence-electron chi connectivity index (χ2n) is 6.46. The van der Waals surface area contributed by atoms with E-state index >= 15 is 0 Å². The fourth-order valence-corrected chi connectivity index (χ4v) is 7.43. The van der Waals surface area contributed by atoms with Crippen molar-refractivity contribution in [2.45, 2.75) is 37.1 Å². The van der Waals surface area contributed by atoms with Gasteiger partial charge < -0.3 is 0 Å². The Hall–Kier alpha value is -2.07. The maximum absolute atomic E-state index is 13.6. The topological polar surface area (TPSA) is 89.3 Å². The summed E-state index contributed by atoms with van der Waals surface area (Å²) in [5.74, 6) is -0.254. The van der Waals surface area contributed by atoms with E-state index in [4.69, 9.17) is 23.2 Å². The number of aromatic nitrogens is 2. The highest BCUT2D eigenvalue weighted by Gasteiger charge is 2.40. The summed E-state index contributed by atoms with van der Waals surface area (Å²) in [6.07, 6.45) is 1.50. The average molecular weight is 488 g/mol. The SMILES string of the molecule is CCn1ccc(N(S(=O)(=O)c2cccc(Cl)c2C)S(=O)(=O)c2cccc(Cl)c2C)n1. The van der Waals surface area contributed by atoms with E-state index in [0.29, 0.717) is 10.3 Å². The molecule has 0 unspecified atom stereocenters. The zero-order valence-corrected chi connectivity index (χ0v) is 19.5. The lowest BCUT2D eigenvalue weighted by Gasteiger charge is -2.24. The quantitative estimate of drug-likeness (QED) is 0.513. The number of sulfonamides is 2. The molecule has 0 aliphatic rings. The number of aryl methyl sites for hydroxylation is 1. The standard InChI is InChI=1S/C19H19Cl2N3O4S2/c1-4-23-12-11-19(22-23)24(29(25,26)17-9-5-7-15(20)13(17)2)30(27,28)18-10-6-8-16(21)14(18)3/h5-12H,4H2,1-3H3. The van der Waals surface area contributed by atoms with Crippen molar-refractivity contribution in [3.8, 4) is 0 Å². The molecule has 1 heterocycles. The van der Waals surface area contributed by atoms with E-state index in [1.165, 1.54) is 67.2 Å². The highest BCUT2D eigenvalue weighted by Crippen LogP contribution is 2.34. The molecule has 0 saturated heterocycles. The first-order valence-electron chi connectivity index (χ1n) is 8.86. The highest BCUT2D eigenvalue weighted by molar-refractivity contribution is 8.10. The van der Waals surface area contributed by atoms with Crippen molar-refractivity contribution in [3.63, 3.8) is 0 Å². The van der Waals surface area contributed by atoms with Gasteiger partial charge >= 0.3 is 0 Å². The summed E-state index contributed by atoms with van der Waals surface area (Å²) in [7, 11) is -9.19. The van der Waals surface area contributed by atoms with E-state index in [0.717, 1.165) is 0 Å². The van der Waals surface area contributed by atoms with Crippen molar-refractivity contribution in [2.75, 3.05) is 3.71 Å². The van der Waals surface area contributed by atoms with Gasteiger partial charge in [-0.25, -0.2) is 0 Å². The van der Waals surface area contributed by atoms with Gasteiger partial charge in [0.1, 0.15) is 0 Å². The Morgan fingerprint density at radius 2 is 1.33 bits per heavy atom. The van der Waals surface area contributed by atoms with Gasteiger partial charge in [-0.15, -0.1) is 3.71 Å². The van der Waals surface area contributed by atoms with E-state index in [-0.39, 0.29) is 36.8 Å². The molecule has 0 bridgehead atoms. The lowest BCUT2D eigenvalue weighted by atomic mass is 10.2. The highest BCUT2D eigenvalue weighted by atomic mass is 35.5. The number of benzene rings is 2. The molecule has 11 heteroatoms. The summed E-state index contributed by atoms with van der Waals surface area (Å²) in [5.41, 5.74) is 0.467. The van der Waals surface area contributed by atoms with Crippen LogP contribution in [0.25, 0.3) is 0 Å². The summed E-state index contributed by atoms with van der Waals surface area (Å²) in [5, 5.41) is 4.54. The Morgan fingerprint density at radius 1 is 0.867 bits per heavy atom. The molecule has 0 radical (unpaired) electrons. The Balaban J connectivity index is 2.34. The van der Waals surface area contributed by atoms with Gasteiger partial charge in [0, 0.05) is 28.9 Å². The van der Waals surface area contributed by atoms with Crippen LogP contribution in [-0.2, 0) is 26.6 Å². The number of hydrogen-bond acceptors (Lipinski definition) is 5. The predicted octanol–water partition coefficient (Wildman–Crippen LogP) is 4.41. The van der Waals surface area contributed by atoms with E-state index in [1.54, 1.807) is 6.92 Å². The van der Waals surface area contributed by atoms with Crippen molar-refractivity contribution in [1.82, 2.24) is 9.78 Å². The van der Waals surface area contributed by atoms with Gasteiger partial charge in [0.25, 0.3) is 20.0 Å². The molecule has 160 valence electrons. The van der Waals surface area contributed by atoms with Crippen molar-refractivity contribution in [1.29, 1.82) is 0 Å². The minimum atomic E-state index is -4.60. The minimum absolute atomic E-state index is 0.200. The van der Waals surface area contributed by atoms with Crippen LogP contribution in [0.2, 0.25) is 10.0 Å². The van der Waals surface area contributed by atoms with Crippen LogP contribution in [0.3, 0.4) is 0 Å². The zero-order chi connectivity index (χ0) is 22.3. The van der Waals surface area contributed by atoms with Crippen LogP contribution in [0.1, 0.15) is 18.1 Å². The molecule has 1 aromatic heterocycles. The van der Waals surface area contributed by atoms with Crippen LogP contribution >= 0.6 is 23.2 Å². The molecule has 3 rings (SSSR count). The molecule has 2 aromatic carbocycles. The van der Waals surface area contributed by atoms with Crippen LogP contribution in [0.15, 0.2) is 58.5 Å². The number of halogens is 2. The molecule has 0 aliphatic heterocycles. The zero-order valence-electron chi connectivity index (χ0n) is 16.4. The van der Waals surface area contributed by atoms with E-state index in [9.17, 15) is 16.8 Å². The molecule has 0 saturated carbocycles. The van der Waals surface area contributed by atoms with Crippen molar-refractivity contribution in [2.24, 2.45) is 0 Å². The monoisotopic (exact) mass is 487 g/mol. The number of nitrogens with zero attached hydrogens (tertiary/aromatic N) is 3. The normalized spacial score (nSPS) is 12.2. The fraction of sp³-hybridized carbons (Fsp3) is 0.211. The summed E-state index contributed by atoms with van der Waals surface area (Å²) >= 11 is 12.2. The molecule has 0 amide bonds. The maximum atomic E-state index is 13.6. The van der Waals surface area contributed by atoms with Crippen LogP contribution in [0.4, 0.5) is 5.82 Å². The molecule has 0 fully saturated rings. The van der Waals surface area contributed by atoms with Gasteiger partial charge in [0.2, 0.25) is 0 Å². The first-order chi connectivity index (χ1) is 14.0. The van der Waals surface area contributed by atoms with Crippen molar-refractivity contribution < 1.29 is 16.8 Å². The van der Waals surface area contributed by atoms with Crippen molar-refractivity contribution in [3.05, 3.63) is 69.8 Å². The second-order valence-corrected chi connectivity index (χ2v) is 11.0. The van der Waals surface area contributed by atoms with Gasteiger partial charge in [0.15, 0.2) is 5.82 Å². The van der Waals surface area contributed by atoms with Gasteiger partial charge in [-0.05, 0) is 56.2 Å². The predicted molar refractivity (Wildman–Crippen MR) is 117 cm³/mol. The Bertz CT molecular complexity index is 1240. The molecule has 0 aliphatic carbocycles. The molecule has 3 aromatic rings. The molecule has 0 N–H and O–H groups in total. The van der Waals surface area contributed by atoms with Gasteiger partial charge in [-0.2, -0.15) is 21.9 Å². The van der Waals surface area contributed by atoms with E-state index in [1.807, 2.05) is 0 Å². The third-order valence-electron chi connectivity index (χ3n) is 4.57. The second kappa shape index (κ2) is 8.22. The maximum Gasteiger partial charge on any atom is 0.279 e. The number of anilines is 1. The van der Waals surface area contributed by atoms with Crippen LogP contribution in [0.5, 0.6) is 0 Å². The summed E-state index contributed by atoms with van der Waals surface area (Å²) in [4.78, 5) is -0.464. The van der Waals surface area contributed by atoms with E-state index in [2.05, 4.69) is 5.10 Å². The third-order valence-corrected chi connectivity index (χ3v) is 9.81. The smallest absolute Gasteiger partial charge is 0.271 e. The lowest BCUT2D eigenvalue weighted by Crippen LogP contribution is -2.38. The molecule has 0 atom stereocenters. The number of hydrogen-bond donors (Lipinski definition) is 0. The first kappa shape index (κ1) is 22.6. The van der Waals surface area contributed by atoms with Crippen LogP contribution < -0.4 is 3.71 Å². The van der Waals surface area contributed by atoms with Gasteiger partial charge in [-0.3, -0.25) is 4.68 Å². The summed E-state index contributed by atoms with van der Waals surface area (Å²) < 4.78 is 56.3. The van der Waals surface area contributed by atoms with Crippen molar-refractivity contribution >= 4 is 49.1 Å². The first-order valence-corrected chi connectivity index (χ1v) is 12.5. The van der Waals surface area contributed by atoms with Crippen LogP contribution in [0, 0.1) is 13.8 Å². The Kier molecular flexibility index (Phi) is 6.20. The van der Waals surface area contributed by atoms with Gasteiger partial charge in [-0.1, -0.05) is 35.3 Å². The third kappa shape index (κ3) is 3.82. The van der Waals surface area contributed by atoms with Gasteiger partial charge in [0.05, 0.1) is 9.79 Å². The molecular formula is C19H19Cl2N3O4S2.